The summed E-state index contributed by atoms with van der Waals surface area (Å²) in [6.07, 6.45) is 0.278. The molecule has 0 unspecified atom stereocenters. The molecule has 2 N–H and O–H groups in total. The van der Waals surface area contributed by atoms with E-state index in [0.29, 0.717) is 11.1 Å². The minimum absolute atomic E-state index is 0.112. The number of ether oxygens (including phenoxy) is 1. The van der Waals surface area contributed by atoms with E-state index >= 15 is 0 Å². The van der Waals surface area contributed by atoms with Crippen molar-refractivity contribution < 1.29 is 14.3 Å². The Bertz CT molecular complexity index is 802. The van der Waals surface area contributed by atoms with Crippen LogP contribution in [-0.4, -0.2) is 32.5 Å². The average Bonchev–Trinajstić information content (AvgIpc) is 2.65. The van der Waals surface area contributed by atoms with Crippen LogP contribution in [0.4, 0.5) is 0 Å². The maximum Gasteiger partial charge on any atom is 0.252 e. The van der Waals surface area contributed by atoms with E-state index < -0.39 is 0 Å². The summed E-state index contributed by atoms with van der Waals surface area (Å²) in [4.78, 5) is 23.7. The minimum atomic E-state index is -0.187. The van der Waals surface area contributed by atoms with Crippen molar-refractivity contribution in [2.75, 3.05) is 20.7 Å². The molecule has 0 saturated heterocycles. The molecule has 0 aliphatic rings. The lowest BCUT2D eigenvalue weighted by Gasteiger charge is -2.04. The molecule has 0 bridgehead atoms. The van der Waals surface area contributed by atoms with Crippen LogP contribution in [-0.2, 0) is 11.2 Å². The van der Waals surface area contributed by atoms with Crippen molar-refractivity contribution in [1.82, 2.24) is 10.6 Å². The highest BCUT2D eigenvalue weighted by atomic mass is 16.5. The molecule has 2 rings (SSSR count). The maximum absolute atomic E-state index is 11.9. The number of amides is 2. The summed E-state index contributed by atoms with van der Waals surface area (Å²) >= 11 is 0. The number of hydrogen-bond acceptors (Lipinski definition) is 3. The topological polar surface area (TPSA) is 67.4 Å². The molecule has 128 valence electrons. The fourth-order valence-corrected chi connectivity index (χ4v) is 2.20. The molecule has 0 saturated carbocycles. The van der Waals surface area contributed by atoms with E-state index in [1.54, 1.807) is 32.4 Å². The van der Waals surface area contributed by atoms with Gasteiger partial charge in [0.2, 0.25) is 5.91 Å². The average molecular weight is 336 g/mol. The molecule has 0 atom stereocenters. The van der Waals surface area contributed by atoms with Crippen molar-refractivity contribution in [3.63, 3.8) is 0 Å². The van der Waals surface area contributed by atoms with E-state index in [4.69, 9.17) is 4.74 Å². The predicted octanol–water partition coefficient (Wildman–Crippen LogP) is 1.77. The van der Waals surface area contributed by atoms with Gasteiger partial charge in [0.05, 0.1) is 25.6 Å². The van der Waals surface area contributed by atoms with Gasteiger partial charge in [-0.15, -0.1) is 0 Å². The van der Waals surface area contributed by atoms with Crippen molar-refractivity contribution in [3.8, 4) is 17.6 Å². The quantitative estimate of drug-likeness (QED) is 0.818. The van der Waals surface area contributed by atoms with Crippen LogP contribution >= 0.6 is 0 Å². The van der Waals surface area contributed by atoms with Gasteiger partial charge in [0.25, 0.3) is 5.91 Å². The van der Waals surface area contributed by atoms with Gasteiger partial charge in [-0.05, 0) is 29.8 Å². The Morgan fingerprint density at radius 3 is 2.48 bits per heavy atom. The lowest BCUT2D eigenvalue weighted by Crippen LogP contribution is -2.25. The molecule has 2 aromatic rings. The number of carbonyl (C=O) groups is 2. The number of carbonyl (C=O) groups excluding carboxylic acids is 2. The number of rotatable bonds is 5. The molecule has 0 aliphatic carbocycles. The van der Waals surface area contributed by atoms with E-state index in [2.05, 4.69) is 22.5 Å². The van der Waals surface area contributed by atoms with E-state index in [0.717, 1.165) is 11.3 Å². The Balaban J connectivity index is 1.89. The van der Waals surface area contributed by atoms with Gasteiger partial charge in [-0.3, -0.25) is 9.59 Å². The third-order valence-electron chi connectivity index (χ3n) is 3.52. The second kappa shape index (κ2) is 9.14. The predicted molar refractivity (Wildman–Crippen MR) is 96.4 cm³/mol. The summed E-state index contributed by atoms with van der Waals surface area (Å²) in [5, 5.41) is 5.33. The maximum atomic E-state index is 11.9. The molecule has 0 heterocycles. The van der Waals surface area contributed by atoms with Crippen LogP contribution in [0, 0.1) is 11.8 Å². The van der Waals surface area contributed by atoms with Crippen LogP contribution in [0.25, 0.3) is 0 Å². The molecular weight excluding hydrogens is 316 g/mol. The lowest BCUT2D eigenvalue weighted by molar-refractivity contribution is -0.120. The first kappa shape index (κ1) is 18.1. The number of methoxy groups -OCH3 is 1. The minimum Gasteiger partial charge on any atom is -0.497 e. The van der Waals surface area contributed by atoms with Gasteiger partial charge in [-0.2, -0.15) is 0 Å². The monoisotopic (exact) mass is 336 g/mol. The number of benzene rings is 2. The van der Waals surface area contributed by atoms with Gasteiger partial charge in [-0.1, -0.05) is 36.1 Å². The zero-order chi connectivity index (χ0) is 18.1. The van der Waals surface area contributed by atoms with Gasteiger partial charge in [-0.25, -0.2) is 0 Å². The van der Waals surface area contributed by atoms with Gasteiger partial charge >= 0.3 is 0 Å². The van der Waals surface area contributed by atoms with Gasteiger partial charge in [0, 0.05) is 12.6 Å². The SMILES string of the molecule is CNC(=O)c1ccccc1C#CCNC(=O)Cc1ccc(OC)cc1. The van der Waals surface area contributed by atoms with Crippen molar-refractivity contribution in [1.29, 1.82) is 0 Å². The van der Waals surface area contributed by atoms with Crippen LogP contribution < -0.4 is 15.4 Å². The summed E-state index contributed by atoms with van der Waals surface area (Å²) < 4.78 is 5.08. The fraction of sp³-hybridized carbons (Fsp3) is 0.200. The van der Waals surface area contributed by atoms with Crippen LogP contribution in [0.2, 0.25) is 0 Å². The van der Waals surface area contributed by atoms with Crippen molar-refractivity contribution in [2.45, 2.75) is 6.42 Å². The van der Waals surface area contributed by atoms with Crippen molar-refractivity contribution in [2.24, 2.45) is 0 Å². The van der Waals surface area contributed by atoms with Crippen LogP contribution in [0.15, 0.2) is 48.5 Å². The van der Waals surface area contributed by atoms with Gasteiger partial charge in [0.15, 0.2) is 0 Å². The molecule has 5 nitrogen and oxygen atoms in total. The summed E-state index contributed by atoms with van der Waals surface area (Å²) in [6.45, 7) is 0.219. The van der Waals surface area contributed by atoms with E-state index in [9.17, 15) is 9.59 Å². The lowest BCUT2D eigenvalue weighted by atomic mass is 10.1. The number of hydrogen-bond donors (Lipinski definition) is 2. The second-order valence-corrected chi connectivity index (χ2v) is 5.23. The smallest absolute Gasteiger partial charge is 0.252 e. The van der Waals surface area contributed by atoms with E-state index in [1.165, 1.54) is 0 Å². The van der Waals surface area contributed by atoms with Gasteiger partial charge in [0.1, 0.15) is 5.75 Å². The zero-order valence-electron chi connectivity index (χ0n) is 14.3. The second-order valence-electron chi connectivity index (χ2n) is 5.23. The molecule has 25 heavy (non-hydrogen) atoms. The summed E-state index contributed by atoms with van der Waals surface area (Å²) in [7, 11) is 3.18. The molecule has 0 spiro atoms. The Hall–Kier alpha value is -3.26. The zero-order valence-corrected chi connectivity index (χ0v) is 14.3. The Labute approximate surface area is 147 Å². The molecule has 0 aromatic heterocycles. The summed E-state index contributed by atoms with van der Waals surface area (Å²) in [6, 6.07) is 14.4. The summed E-state index contributed by atoms with van der Waals surface area (Å²) in [5.41, 5.74) is 2.05. The largest absolute Gasteiger partial charge is 0.497 e. The highest BCUT2D eigenvalue weighted by Gasteiger charge is 2.06. The highest BCUT2D eigenvalue weighted by molar-refractivity contribution is 5.96. The van der Waals surface area contributed by atoms with Crippen LogP contribution in [0.5, 0.6) is 5.75 Å². The molecule has 2 amide bonds. The third-order valence-corrected chi connectivity index (χ3v) is 3.52. The number of nitrogens with one attached hydrogen (secondary N) is 2. The summed E-state index contributed by atoms with van der Waals surface area (Å²) in [5.74, 6) is 6.25. The van der Waals surface area contributed by atoms with Crippen LogP contribution in [0.3, 0.4) is 0 Å². The Morgan fingerprint density at radius 2 is 1.80 bits per heavy atom. The van der Waals surface area contributed by atoms with Crippen molar-refractivity contribution >= 4 is 11.8 Å². The first-order valence-electron chi connectivity index (χ1n) is 7.83. The van der Waals surface area contributed by atoms with E-state index in [-0.39, 0.29) is 24.8 Å². The van der Waals surface area contributed by atoms with Crippen molar-refractivity contribution in [3.05, 3.63) is 65.2 Å². The van der Waals surface area contributed by atoms with Crippen LogP contribution in [0.1, 0.15) is 21.5 Å². The molecule has 2 aromatic carbocycles. The normalized spacial score (nSPS) is 9.52. The molecule has 5 heteroatoms. The fourth-order valence-electron chi connectivity index (χ4n) is 2.20. The molecule has 0 fully saturated rings. The Morgan fingerprint density at radius 1 is 1.08 bits per heavy atom. The highest BCUT2D eigenvalue weighted by Crippen LogP contribution is 2.11. The molecule has 0 radical (unpaired) electrons. The standard InChI is InChI=1S/C20H20N2O3/c1-21-20(24)18-8-4-3-6-16(18)7-5-13-22-19(23)14-15-9-11-17(25-2)12-10-15/h3-4,6,8-12H,13-14H2,1-2H3,(H,21,24)(H,22,23). The first-order chi connectivity index (χ1) is 12.1. The third kappa shape index (κ3) is 5.40. The molecule has 0 aliphatic heterocycles. The first-order valence-corrected chi connectivity index (χ1v) is 7.83. The van der Waals surface area contributed by atoms with E-state index in [1.807, 2.05) is 30.3 Å². The Kier molecular flexibility index (Phi) is 6.61. The molecular formula is C20H20N2O3. The van der Waals surface area contributed by atoms with Gasteiger partial charge < -0.3 is 15.4 Å².